The summed E-state index contributed by atoms with van der Waals surface area (Å²) in [5, 5.41) is 8.72. The van der Waals surface area contributed by atoms with Crippen LogP contribution in [0.5, 0.6) is 5.75 Å². The van der Waals surface area contributed by atoms with Gasteiger partial charge in [-0.1, -0.05) is 22.0 Å². The van der Waals surface area contributed by atoms with E-state index in [1.54, 1.807) is 0 Å². The average molecular weight is 280 g/mol. The van der Waals surface area contributed by atoms with Gasteiger partial charge < -0.3 is 4.74 Å². The van der Waals surface area contributed by atoms with E-state index in [2.05, 4.69) is 22.0 Å². The Morgan fingerprint density at radius 2 is 2.25 bits per heavy atom. The molecule has 0 bridgehead atoms. The molecule has 0 saturated heterocycles. The van der Waals surface area contributed by atoms with Gasteiger partial charge in [0.25, 0.3) is 0 Å². The zero-order chi connectivity index (χ0) is 11.6. The second-order valence-electron chi connectivity index (χ2n) is 4.53. The molecule has 1 aromatic carbocycles. The topological polar surface area (TPSA) is 33.0 Å². The van der Waals surface area contributed by atoms with Crippen LogP contribution < -0.4 is 4.74 Å². The van der Waals surface area contributed by atoms with Crippen LogP contribution in [0.3, 0.4) is 0 Å². The smallest absolute Gasteiger partial charge is 0.123 e. The molecular formula is C13H14BrNO. The van der Waals surface area contributed by atoms with Crippen LogP contribution in [0.4, 0.5) is 0 Å². The minimum atomic E-state index is 0.142. The lowest BCUT2D eigenvalue weighted by Gasteiger charge is -2.14. The summed E-state index contributed by atoms with van der Waals surface area (Å²) in [6.07, 6.45) is 2.85. The summed E-state index contributed by atoms with van der Waals surface area (Å²) in [6, 6.07) is 8.26. The van der Waals surface area contributed by atoms with Crippen molar-refractivity contribution in [3.05, 3.63) is 28.2 Å². The van der Waals surface area contributed by atoms with Crippen LogP contribution in [0.1, 0.15) is 24.8 Å². The maximum absolute atomic E-state index is 8.72. The number of aryl methyl sites for hydroxylation is 1. The van der Waals surface area contributed by atoms with Gasteiger partial charge in [0.1, 0.15) is 5.75 Å². The molecule has 1 fully saturated rings. The van der Waals surface area contributed by atoms with Crippen molar-refractivity contribution in [1.29, 1.82) is 5.26 Å². The number of rotatable bonds is 4. The molecule has 2 nitrogen and oxygen atoms in total. The summed E-state index contributed by atoms with van der Waals surface area (Å²) in [4.78, 5) is 0. The van der Waals surface area contributed by atoms with Gasteiger partial charge in [0.15, 0.2) is 0 Å². The molecule has 0 aliphatic heterocycles. The Morgan fingerprint density at radius 3 is 2.88 bits per heavy atom. The monoisotopic (exact) mass is 279 g/mol. The van der Waals surface area contributed by atoms with Gasteiger partial charge in [0, 0.05) is 16.3 Å². The molecule has 0 aromatic heterocycles. The van der Waals surface area contributed by atoms with Gasteiger partial charge in [0.2, 0.25) is 0 Å². The highest BCUT2D eigenvalue weighted by Crippen LogP contribution is 2.48. The van der Waals surface area contributed by atoms with Gasteiger partial charge in [-0.15, -0.1) is 0 Å². The fraction of sp³-hybridized carbons (Fsp3) is 0.462. The Kier molecular flexibility index (Phi) is 3.20. The predicted octanol–water partition coefficient (Wildman–Crippen LogP) is 3.83. The fourth-order valence-corrected chi connectivity index (χ4v) is 2.02. The molecule has 0 unspecified atom stereocenters. The minimum absolute atomic E-state index is 0.142. The lowest BCUT2D eigenvalue weighted by molar-refractivity contribution is 0.235. The van der Waals surface area contributed by atoms with Gasteiger partial charge in [-0.3, -0.25) is 0 Å². The van der Waals surface area contributed by atoms with Crippen LogP contribution >= 0.6 is 15.9 Å². The van der Waals surface area contributed by atoms with Crippen molar-refractivity contribution in [2.24, 2.45) is 5.41 Å². The Morgan fingerprint density at radius 1 is 1.50 bits per heavy atom. The van der Waals surface area contributed by atoms with Crippen LogP contribution in [-0.4, -0.2) is 6.61 Å². The highest BCUT2D eigenvalue weighted by atomic mass is 79.9. The van der Waals surface area contributed by atoms with Gasteiger partial charge in [-0.05, 0) is 37.5 Å². The lowest BCUT2D eigenvalue weighted by Crippen LogP contribution is -2.12. The number of hydrogen-bond donors (Lipinski definition) is 0. The van der Waals surface area contributed by atoms with Gasteiger partial charge >= 0.3 is 0 Å². The maximum atomic E-state index is 8.72. The van der Waals surface area contributed by atoms with E-state index in [9.17, 15) is 0 Å². The molecule has 0 N–H and O–H groups in total. The Hall–Kier alpha value is -1.01. The third-order valence-corrected chi connectivity index (χ3v) is 3.59. The van der Waals surface area contributed by atoms with Crippen molar-refractivity contribution in [1.82, 2.24) is 0 Å². The summed E-state index contributed by atoms with van der Waals surface area (Å²) in [7, 11) is 0. The maximum Gasteiger partial charge on any atom is 0.123 e. The molecule has 1 aliphatic carbocycles. The van der Waals surface area contributed by atoms with Crippen molar-refractivity contribution >= 4 is 15.9 Å². The predicted molar refractivity (Wildman–Crippen MR) is 66.3 cm³/mol. The molecule has 1 aromatic rings. The number of hydrogen-bond acceptors (Lipinski definition) is 2. The lowest BCUT2D eigenvalue weighted by atomic mass is 10.1. The van der Waals surface area contributed by atoms with E-state index in [4.69, 9.17) is 10.00 Å². The van der Waals surface area contributed by atoms with E-state index in [1.165, 1.54) is 0 Å². The van der Waals surface area contributed by atoms with Gasteiger partial charge in [-0.2, -0.15) is 5.26 Å². The normalized spacial score (nSPS) is 16.6. The van der Waals surface area contributed by atoms with Gasteiger partial charge in [0.05, 0.1) is 12.7 Å². The first-order chi connectivity index (χ1) is 7.65. The molecule has 3 heteroatoms. The second kappa shape index (κ2) is 4.47. The summed E-state index contributed by atoms with van der Waals surface area (Å²) >= 11 is 3.43. The molecule has 16 heavy (non-hydrogen) atoms. The third-order valence-electron chi connectivity index (χ3n) is 3.10. The Labute approximate surface area is 104 Å². The largest absolute Gasteiger partial charge is 0.493 e. The average Bonchev–Trinajstić information content (AvgIpc) is 3.01. The third kappa shape index (κ3) is 2.56. The summed E-state index contributed by atoms with van der Waals surface area (Å²) in [5.41, 5.74) is 1.28. The van der Waals surface area contributed by atoms with E-state index < -0.39 is 0 Å². The van der Waals surface area contributed by atoms with E-state index in [0.29, 0.717) is 13.0 Å². The van der Waals surface area contributed by atoms with Crippen molar-refractivity contribution < 1.29 is 4.74 Å². The van der Waals surface area contributed by atoms with Crippen LogP contribution in [-0.2, 0) is 0 Å². The van der Waals surface area contributed by atoms with Crippen LogP contribution in [0.2, 0.25) is 0 Å². The van der Waals surface area contributed by atoms with Crippen molar-refractivity contribution in [2.75, 3.05) is 6.61 Å². The quantitative estimate of drug-likeness (QED) is 0.839. The first kappa shape index (κ1) is 11.5. The number of nitrogens with zero attached hydrogens (tertiary/aromatic N) is 1. The number of nitriles is 1. The molecule has 84 valence electrons. The fourth-order valence-electron chi connectivity index (χ4n) is 1.68. The first-order valence-electron chi connectivity index (χ1n) is 5.41. The molecule has 1 saturated carbocycles. The van der Waals surface area contributed by atoms with E-state index in [1.807, 2.05) is 25.1 Å². The Bertz CT molecular complexity index is 432. The SMILES string of the molecule is Cc1ccc(Br)cc1OCC1(CC#N)CC1. The molecular weight excluding hydrogens is 266 g/mol. The second-order valence-corrected chi connectivity index (χ2v) is 5.45. The molecule has 0 amide bonds. The zero-order valence-electron chi connectivity index (χ0n) is 9.29. The standard InChI is InChI=1S/C13H14BrNO/c1-10-2-3-11(14)8-12(10)16-9-13(4-5-13)6-7-15/h2-3,8H,4-6,9H2,1H3. The van der Waals surface area contributed by atoms with Crippen molar-refractivity contribution in [3.63, 3.8) is 0 Å². The highest BCUT2D eigenvalue weighted by Gasteiger charge is 2.43. The molecule has 0 heterocycles. The summed E-state index contributed by atoms with van der Waals surface area (Å²) < 4.78 is 6.84. The molecule has 0 atom stereocenters. The number of ether oxygens (including phenoxy) is 1. The molecule has 1 aliphatic rings. The summed E-state index contributed by atoms with van der Waals surface area (Å²) in [6.45, 7) is 2.70. The molecule has 0 radical (unpaired) electrons. The van der Waals surface area contributed by atoms with E-state index in [0.717, 1.165) is 28.6 Å². The van der Waals surface area contributed by atoms with E-state index >= 15 is 0 Å². The van der Waals surface area contributed by atoms with Crippen LogP contribution in [0.25, 0.3) is 0 Å². The highest BCUT2D eigenvalue weighted by molar-refractivity contribution is 9.10. The molecule has 0 spiro atoms. The van der Waals surface area contributed by atoms with Crippen molar-refractivity contribution in [3.8, 4) is 11.8 Å². The zero-order valence-corrected chi connectivity index (χ0v) is 10.9. The van der Waals surface area contributed by atoms with Gasteiger partial charge in [-0.25, -0.2) is 0 Å². The molecule has 2 rings (SSSR count). The van der Waals surface area contributed by atoms with E-state index in [-0.39, 0.29) is 5.41 Å². The number of halogens is 1. The Balaban J connectivity index is 2.00. The number of benzene rings is 1. The minimum Gasteiger partial charge on any atom is -0.493 e. The van der Waals surface area contributed by atoms with Crippen molar-refractivity contribution in [2.45, 2.75) is 26.2 Å². The first-order valence-corrected chi connectivity index (χ1v) is 6.20. The van der Waals surface area contributed by atoms with Crippen LogP contribution in [0.15, 0.2) is 22.7 Å². The van der Waals surface area contributed by atoms with Crippen LogP contribution in [0, 0.1) is 23.7 Å². The summed E-state index contributed by atoms with van der Waals surface area (Å²) in [5.74, 6) is 0.915.